The van der Waals surface area contributed by atoms with Crippen molar-refractivity contribution in [3.05, 3.63) is 0 Å². The molecule has 3 nitrogen and oxygen atoms in total. The van der Waals surface area contributed by atoms with Gasteiger partial charge in [0.2, 0.25) is 0 Å². The van der Waals surface area contributed by atoms with E-state index >= 15 is 0 Å². The topological polar surface area (TPSA) is 32.5 Å². The standard InChI is InChI=1S/C13H31N3/c1-13(2)12-16(11-10-15(3)4)9-7-5-6-8-14/h13H,5-12,14H2,1-4H3. The summed E-state index contributed by atoms with van der Waals surface area (Å²) in [7, 11) is 4.28. The molecule has 0 aromatic carbocycles. The second-order valence-corrected chi connectivity index (χ2v) is 5.35. The van der Waals surface area contributed by atoms with E-state index in [-0.39, 0.29) is 0 Å². The van der Waals surface area contributed by atoms with E-state index in [1.165, 1.54) is 38.9 Å². The fourth-order valence-corrected chi connectivity index (χ4v) is 1.81. The molecular weight excluding hydrogens is 198 g/mol. The SMILES string of the molecule is CC(C)CN(CCCCCN)CCN(C)C. The molecule has 0 amide bonds. The Kier molecular flexibility index (Phi) is 9.99. The summed E-state index contributed by atoms with van der Waals surface area (Å²) < 4.78 is 0. The van der Waals surface area contributed by atoms with Gasteiger partial charge in [-0.1, -0.05) is 20.3 Å². The third-order valence-corrected chi connectivity index (χ3v) is 2.67. The van der Waals surface area contributed by atoms with Gasteiger partial charge in [0.25, 0.3) is 0 Å². The highest BCUT2D eigenvalue weighted by molar-refractivity contribution is 4.62. The van der Waals surface area contributed by atoms with E-state index in [0.717, 1.165) is 19.0 Å². The van der Waals surface area contributed by atoms with Gasteiger partial charge in [0.15, 0.2) is 0 Å². The van der Waals surface area contributed by atoms with Gasteiger partial charge >= 0.3 is 0 Å². The minimum atomic E-state index is 0.761. The molecule has 0 bridgehead atoms. The largest absolute Gasteiger partial charge is 0.330 e. The first-order chi connectivity index (χ1) is 7.56. The van der Waals surface area contributed by atoms with Gasteiger partial charge < -0.3 is 15.5 Å². The van der Waals surface area contributed by atoms with E-state index in [2.05, 4.69) is 37.7 Å². The fraction of sp³-hybridized carbons (Fsp3) is 1.00. The Morgan fingerprint density at radius 1 is 0.938 bits per heavy atom. The molecule has 0 aliphatic rings. The Morgan fingerprint density at radius 3 is 2.12 bits per heavy atom. The maximum absolute atomic E-state index is 5.50. The molecule has 2 N–H and O–H groups in total. The first-order valence-electron chi connectivity index (χ1n) is 6.63. The van der Waals surface area contributed by atoms with E-state index in [0.29, 0.717) is 0 Å². The van der Waals surface area contributed by atoms with Crippen LogP contribution in [0.5, 0.6) is 0 Å². The van der Waals surface area contributed by atoms with Crippen LogP contribution < -0.4 is 5.73 Å². The third kappa shape index (κ3) is 10.4. The van der Waals surface area contributed by atoms with E-state index in [9.17, 15) is 0 Å². The second kappa shape index (κ2) is 10.1. The molecule has 0 aromatic heterocycles. The van der Waals surface area contributed by atoms with E-state index in [1.54, 1.807) is 0 Å². The van der Waals surface area contributed by atoms with Crippen molar-refractivity contribution in [2.24, 2.45) is 11.7 Å². The monoisotopic (exact) mass is 229 g/mol. The van der Waals surface area contributed by atoms with Crippen LogP contribution >= 0.6 is 0 Å². The number of hydrogen-bond donors (Lipinski definition) is 1. The van der Waals surface area contributed by atoms with Crippen molar-refractivity contribution in [1.82, 2.24) is 9.80 Å². The third-order valence-electron chi connectivity index (χ3n) is 2.67. The minimum Gasteiger partial charge on any atom is -0.330 e. The Hall–Kier alpha value is -0.120. The van der Waals surface area contributed by atoms with Gasteiger partial charge in [-0.15, -0.1) is 0 Å². The molecule has 0 heterocycles. The lowest BCUT2D eigenvalue weighted by Crippen LogP contribution is -2.35. The molecule has 0 saturated carbocycles. The summed E-state index contributed by atoms with van der Waals surface area (Å²) in [6.45, 7) is 10.2. The zero-order valence-corrected chi connectivity index (χ0v) is 11.7. The molecular formula is C13H31N3. The summed E-state index contributed by atoms with van der Waals surface area (Å²) >= 11 is 0. The predicted octanol–water partition coefficient (Wildman–Crippen LogP) is 1.64. The summed E-state index contributed by atoms with van der Waals surface area (Å²) in [6.07, 6.45) is 3.73. The molecule has 0 atom stereocenters. The van der Waals surface area contributed by atoms with E-state index < -0.39 is 0 Å². The van der Waals surface area contributed by atoms with Gasteiger partial charge in [-0.05, 0) is 45.9 Å². The van der Waals surface area contributed by atoms with E-state index in [4.69, 9.17) is 5.73 Å². The van der Waals surface area contributed by atoms with Crippen LogP contribution in [0.1, 0.15) is 33.1 Å². The number of hydrogen-bond acceptors (Lipinski definition) is 3. The zero-order chi connectivity index (χ0) is 12.4. The lowest BCUT2D eigenvalue weighted by atomic mass is 10.2. The van der Waals surface area contributed by atoms with Crippen LogP contribution in [0.2, 0.25) is 0 Å². The van der Waals surface area contributed by atoms with Crippen LogP contribution in [-0.4, -0.2) is 56.6 Å². The first kappa shape index (κ1) is 15.9. The van der Waals surface area contributed by atoms with Crippen LogP contribution in [-0.2, 0) is 0 Å². The molecule has 16 heavy (non-hydrogen) atoms. The molecule has 0 aromatic rings. The Morgan fingerprint density at radius 2 is 1.62 bits per heavy atom. The number of nitrogens with zero attached hydrogens (tertiary/aromatic N) is 2. The summed E-state index contributed by atoms with van der Waals surface area (Å²) in [5, 5.41) is 0. The number of rotatable bonds is 10. The number of nitrogens with two attached hydrogens (primary N) is 1. The van der Waals surface area contributed by atoms with Gasteiger partial charge in [0.1, 0.15) is 0 Å². The molecule has 0 spiro atoms. The molecule has 98 valence electrons. The second-order valence-electron chi connectivity index (χ2n) is 5.35. The van der Waals surface area contributed by atoms with Gasteiger partial charge in [0.05, 0.1) is 0 Å². The van der Waals surface area contributed by atoms with Crippen molar-refractivity contribution in [3.63, 3.8) is 0 Å². The highest BCUT2D eigenvalue weighted by Crippen LogP contribution is 2.02. The quantitative estimate of drug-likeness (QED) is 0.578. The summed E-state index contributed by atoms with van der Waals surface area (Å²) in [6, 6.07) is 0. The maximum atomic E-state index is 5.50. The molecule has 0 unspecified atom stereocenters. The summed E-state index contributed by atoms with van der Waals surface area (Å²) in [5.74, 6) is 0.761. The minimum absolute atomic E-state index is 0.761. The molecule has 0 fully saturated rings. The number of unbranched alkanes of at least 4 members (excludes halogenated alkanes) is 2. The fourth-order valence-electron chi connectivity index (χ4n) is 1.81. The van der Waals surface area contributed by atoms with Crippen LogP contribution in [0, 0.1) is 5.92 Å². The zero-order valence-electron chi connectivity index (χ0n) is 11.7. The average molecular weight is 229 g/mol. The summed E-state index contributed by atoms with van der Waals surface area (Å²) in [5.41, 5.74) is 5.50. The smallest absolute Gasteiger partial charge is 0.0109 e. The van der Waals surface area contributed by atoms with Gasteiger partial charge in [-0.2, -0.15) is 0 Å². The van der Waals surface area contributed by atoms with Crippen molar-refractivity contribution < 1.29 is 0 Å². The highest BCUT2D eigenvalue weighted by atomic mass is 15.2. The Balaban J connectivity index is 3.72. The van der Waals surface area contributed by atoms with Crippen LogP contribution in [0.4, 0.5) is 0 Å². The first-order valence-corrected chi connectivity index (χ1v) is 6.63. The van der Waals surface area contributed by atoms with Crippen LogP contribution in [0.25, 0.3) is 0 Å². The molecule has 0 aliphatic heterocycles. The van der Waals surface area contributed by atoms with Crippen molar-refractivity contribution in [1.29, 1.82) is 0 Å². The van der Waals surface area contributed by atoms with E-state index in [1.807, 2.05) is 0 Å². The highest BCUT2D eigenvalue weighted by Gasteiger charge is 2.07. The average Bonchev–Trinajstić information content (AvgIpc) is 2.19. The number of likely N-dealkylation sites (N-methyl/N-ethyl adjacent to an activating group) is 1. The molecule has 0 aliphatic carbocycles. The lowest BCUT2D eigenvalue weighted by Gasteiger charge is -2.25. The lowest BCUT2D eigenvalue weighted by molar-refractivity contribution is 0.215. The van der Waals surface area contributed by atoms with Crippen molar-refractivity contribution in [2.45, 2.75) is 33.1 Å². The molecule has 0 radical (unpaired) electrons. The Labute approximate surface area is 102 Å². The molecule has 0 rings (SSSR count). The Bertz CT molecular complexity index is 146. The predicted molar refractivity (Wildman–Crippen MR) is 72.7 cm³/mol. The van der Waals surface area contributed by atoms with Gasteiger partial charge in [-0.3, -0.25) is 0 Å². The van der Waals surface area contributed by atoms with Gasteiger partial charge in [0, 0.05) is 19.6 Å². The maximum Gasteiger partial charge on any atom is 0.0109 e. The van der Waals surface area contributed by atoms with Crippen LogP contribution in [0.15, 0.2) is 0 Å². The van der Waals surface area contributed by atoms with Crippen molar-refractivity contribution in [2.75, 3.05) is 46.8 Å². The molecule has 0 saturated heterocycles. The normalized spacial score (nSPS) is 12.0. The van der Waals surface area contributed by atoms with Crippen LogP contribution in [0.3, 0.4) is 0 Å². The van der Waals surface area contributed by atoms with Gasteiger partial charge in [-0.25, -0.2) is 0 Å². The van der Waals surface area contributed by atoms with Crippen molar-refractivity contribution >= 4 is 0 Å². The summed E-state index contributed by atoms with van der Waals surface area (Å²) in [4.78, 5) is 4.84. The molecule has 3 heteroatoms. The van der Waals surface area contributed by atoms with Crippen molar-refractivity contribution in [3.8, 4) is 0 Å².